The Morgan fingerprint density at radius 2 is 1.97 bits per heavy atom. The lowest BCUT2D eigenvalue weighted by Gasteiger charge is -2.33. The van der Waals surface area contributed by atoms with Crippen LogP contribution < -0.4 is 5.32 Å². The molecule has 0 amide bonds. The third-order valence-electron chi connectivity index (χ3n) is 5.20. The highest BCUT2D eigenvalue weighted by molar-refractivity contribution is 5.72. The molecule has 1 fully saturated rings. The van der Waals surface area contributed by atoms with Crippen LogP contribution in [0.2, 0.25) is 0 Å². The number of likely N-dealkylation sites (tertiary alicyclic amines) is 1. The molecule has 1 atom stereocenters. The summed E-state index contributed by atoms with van der Waals surface area (Å²) in [5.41, 5.74) is -0.269. The highest BCUT2D eigenvalue weighted by Gasteiger charge is 2.31. The second kappa shape index (κ2) is 9.54. The average molecular weight is 467 g/mol. The summed E-state index contributed by atoms with van der Waals surface area (Å²) in [6.07, 6.45) is -2.74. The van der Waals surface area contributed by atoms with E-state index < -0.39 is 23.1 Å². The molecule has 7 nitrogen and oxygen atoms in total. The van der Waals surface area contributed by atoms with Crippen LogP contribution in [0.25, 0.3) is 11.3 Å². The van der Waals surface area contributed by atoms with Gasteiger partial charge in [-0.2, -0.15) is 13.2 Å². The van der Waals surface area contributed by atoms with Crippen LogP contribution in [-0.4, -0.2) is 57.5 Å². The van der Waals surface area contributed by atoms with E-state index >= 15 is 0 Å². The van der Waals surface area contributed by atoms with Gasteiger partial charge in [-0.15, -0.1) is 10.2 Å². The van der Waals surface area contributed by atoms with Crippen LogP contribution in [-0.2, 0) is 15.7 Å². The number of nitrogens with zero attached hydrogens (tertiary/aromatic N) is 3. The Bertz CT molecular complexity index is 1010. The van der Waals surface area contributed by atoms with Crippen molar-refractivity contribution in [1.29, 1.82) is 0 Å². The van der Waals surface area contributed by atoms with Crippen molar-refractivity contribution < 1.29 is 27.8 Å². The number of hydrogen-bond donors (Lipinski definition) is 2. The number of ether oxygens (including phenoxy) is 1. The van der Waals surface area contributed by atoms with Gasteiger partial charge in [-0.25, -0.2) is 0 Å². The van der Waals surface area contributed by atoms with E-state index in [4.69, 9.17) is 4.74 Å². The largest absolute Gasteiger partial charge is 0.507 e. The minimum Gasteiger partial charge on any atom is -0.507 e. The van der Waals surface area contributed by atoms with E-state index in [2.05, 4.69) is 15.5 Å². The molecule has 1 saturated heterocycles. The van der Waals surface area contributed by atoms with E-state index in [9.17, 15) is 23.1 Å². The number of nitrogens with one attached hydrogen (secondary N) is 1. The molecule has 10 heteroatoms. The van der Waals surface area contributed by atoms with Gasteiger partial charge in [0.25, 0.3) is 0 Å². The van der Waals surface area contributed by atoms with E-state index in [-0.39, 0.29) is 29.8 Å². The van der Waals surface area contributed by atoms with Crippen LogP contribution >= 0.6 is 0 Å². The van der Waals surface area contributed by atoms with Crippen molar-refractivity contribution in [3.63, 3.8) is 0 Å². The Morgan fingerprint density at radius 3 is 2.58 bits per heavy atom. The third-order valence-corrected chi connectivity index (χ3v) is 5.20. The number of aromatic nitrogens is 2. The monoisotopic (exact) mass is 466 g/mol. The number of phenolic OH excluding ortho intramolecular Hbond substituents is 1. The lowest BCUT2D eigenvalue weighted by molar-refractivity contribution is -0.156. The van der Waals surface area contributed by atoms with Crippen LogP contribution in [0.3, 0.4) is 0 Å². The van der Waals surface area contributed by atoms with Gasteiger partial charge in [-0.1, -0.05) is 0 Å². The van der Waals surface area contributed by atoms with Crippen molar-refractivity contribution in [3.8, 4) is 17.0 Å². The molecule has 2 N–H and O–H groups in total. The average Bonchev–Trinajstić information content (AvgIpc) is 2.67. The summed E-state index contributed by atoms with van der Waals surface area (Å²) in [6.45, 7) is 8.97. The van der Waals surface area contributed by atoms with Gasteiger partial charge in [0, 0.05) is 18.2 Å². The van der Waals surface area contributed by atoms with Crippen molar-refractivity contribution in [2.45, 2.75) is 58.4 Å². The first-order chi connectivity index (χ1) is 15.3. The molecule has 2 aromatic rings. The fraction of sp³-hybridized carbons (Fsp3) is 0.522. The number of halogens is 3. The number of carbonyl (C=O) groups excluding carboxylic acids is 1. The molecule has 0 spiro atoms. The predicted molar refractivity (Wildman–Crippen MR) is 118 cm³/mol. The Balaban J connectivity index is 1.66. The normalized spacial score (nSPS) is 17.6. The smallest absolute Gasteiger partial charge is 0.416 e. The van der Waals surface area contributed by atoms with Gasteiger partial charge in [0.1, 0.15) is 11.4 Å². The van der Waals surface area contributed by atoms with E-state index in [0.29, 0.717) is 18.4 Å². The van der Waals surface area contributed by atoms with Crippen molar-refractivity contribution in [3.05, 3.63) is 35.4 Å². The SMILES string of the molecule is Cc1cc(-c2ccc(C(F)(F)F)cc2O)nnc1N[C@@H]1CCCN(CC(=O)OC(C)(C)C)C1. The highest BCUT2D eigenvalue weighted by Crippen LogP contribution is 2.36. The van der Waals surface area contributed by atoms with E-state index in [0.717, 1.165) is 31.0 Å². The number of aromatic hydroxyl groups is 1. The van der Waals surface area contributed by atoms with E-state index in [1.807, 2.05) is 32.6 Å². The number of esters is 1. The number of piperidine rings is 1. The lowest BCUT2D eigenvalue weighted by Crippen LogP contribution is -2.45. The number of hydrogen-bond acceptors (Lipinski definition) is 7. The third kappa shape index (κ3) is 6.80. The molecule has 33 heavy (non-hydrogen) atoms. The number of rotatable bonds is 5. The number of phenols is 1. The summed E-state index contributed by atoms with van der Waals surface area (Å²) in [5, 5.41) is 21.7. The molecule has 1 aliphatic rings. The van der Waals surface area contributed by atoms with Crippen LogP contribution in [0.1, 0.15) is 44.7 Å². The molecule has 180 valence electrons. The zero-order valence-corrected chi connectivity index (χ0v) is 19.2. The van der Waals surface area contributed by atoms with Gasteiger partial charge in [-0.05, 0) is 76.9 Å². The van der Waals surface area contributed by atoms with Gasteiger partial charge in [0.2, 0.25) is 0 Å². The van der Waals surface area contributed by atoms with Gasteiger partial charge < -0.3 is 15.2 Å². The molecule has 3 rings (SSSR count). The van der Waals surface area contributed by atoms with Crippen LogP contribution in [0.5, 0.6) is 5.75 Å². The van der Waals surface area contributed by atoms with Gasteiger partial charge >= 0.3 is 12.1 Å². The summed E-state index contributed by atoms with van der Waals surface area (Å²) >= 11 is 0. The molecular weight excluding hydrogens is 437 g/mol. The molecule has 0 bridgehead atoms. The van der Waals surface area contributed by atoms with Crippen LogP contribution in [0, 0.1) is 6.92 Å². The number of alkyl halides is 3. The topological polar surface area (TPSA) is 87.6 Å². The van der Waals surface area contributed by atoms with Crippen LogP contribution in [0.15, 0.2) is 24.3 Å². The van der Waals surface area contributed by atoms with E-state index in [1.54, 1.807) is 6.07 Å². The number of aryl methyl sites for hydroxylation is 1. The van der Waals surface area contributed by atoms with Gasteiger partial charge in [-0.3, -0.25) is 9.69 Å². The second-order valence-corrected chi connectivity index (χ2v) is 9.30. The second-order valence-electron chi connectivity index (χ2n) is 9.30. The number of anilines is 1. The Hall–Kier alpha value is -2.88. The molecule has 0 saturated carbocycles. The highest BCUT2D eigenvalue weighted by atomic mass is 19.4. The first kappa shape index (κ1) is 24.8. The number of benzene rings is 1. The fourth-order valence-corrected chi connectivity index (χ4v) is 3.75. The maximum atomic E-state index is 12.8. The van der Waals surface area contributed by atoms with Crippen molar-refractivity contribution >= 4 is 11.8 Å². The molecule has 1 aromatic carbocycles. The molecule has 0 aliphatic carbocycles. The molecular formula is C23H29F3N4O3. The van der Waals surface area contributed by atoms with Crippen molar-refractivity contribution in [2.24, 2.45) is 0 Å². The standard InChI is InChI=1S/C23H29F3N4O3/c1-14-10-18(17-8-7-15(11-19(17)31)23(24,25)26)28-29-21(14)27-16-6-5-9-30(12-16)13-20(32)33-22(2,3)4/h7-8,10-11,16,31H,5-6,9,12-13H2,1-4H3,(H,27,29)/t16-/m1/s1. The molecule has 2 heterocycles. The predicted octanol–water partition coefficient (Wildman–Crippen LogP) is 4.39. The molecule has 1 aliphatic heterocycles. The first-order valence-corrected chi connectivity index (χ1v) is 10.8. The van der Waals surface area contributed by atoms with E-state index in [1.165, 1.54) is 6.07 Å². The van der Waals surface area contributed by atoms with Gasteiger partial charge in [0.15, 0.2) is 5.82 Å². The maximum Gasteiger partial charge on any atom is 0.416 e. The Morgan fingerprint density at radius 1 is 1.24 bits per heavy atom. The van der Waals surface area contributed by atoms with Crippen molar-refractivity contribution in [2.75, 3.05) is 25.0 Å². The first-order valence-electron chi connectivity index (χ1n) is 10.8. The summed E-state index contributed by atoms with van der Waals surface area (Å²) in [7, 11) is 0. The quantitative estimate of drug-likeness (QED) is 0.632. The molecule has 0 unspecified atom stereocenters. The lowest BCUT2D eigenvalue weighted by atomic mass is 10.0. The van der Waals surface area contributed by atoms with Crippen LogP contribution in [0.4, 0.5) is 19.0 Å². The molecule has 1 aromatic heterocycles. The zero-order chi connectivity index (χ0) is 24.4. The zero-order valence-electron chi connectivity index (χ0n) is 19.2. The van der Waals surface area contributed by atoms with Crippen molar-refractivity contribution in [1.82, 2.24) is 15.1 Å². The van der Waals surface area contributed by atoms with Gasteiger partial charge in [0.05, 0.1) is 17.8 Å². The Labute approximate surface area is 191 Å². The summed E-state index contributed by atoms with van der Waals surface area (Å²) < 4.78 is 43.9. The summed E-state index contributed by atoms with van der Waals surface area (Å²) in [4.78, 5) is 14.2. The molecule has 0 radical (unpaired) electrons. The fourth-order valence-electron chi connectivity index (χ4n) is 3.75. The Kier molecular flexibility index (Phi) is 7.16. The minimum absolute atomic E-state index is 0.0551. The maximum absolute atomic E-state index is 12.8. The number of carbonyl (C=O) groups is 1. The summed E-state index contributed by atoms with van der Waals surface area (Å²) in [5.74, 6) is -0.224. The minimum atomic E-state index is -4.54. The summed E-state index contributed by atoms with van der Waals surface area (Å²) in [6, 6.07) is 4.49.